The third-order valence-electron chi connectivity index (χ3n) is 10.2. The topological polar surface area (TPSA) is 149 Å². The minimum Gasteiger partial charge on any atom is -1.00 e. The monoisotopic (exact) mass is 1180 g/mol. The van der Waals surface area contributed by atoms with Crippen molar-refractivity contribution in [2.24, 2.45) is 23.5 Å². The van der Waals surface area contributed by atoms with Crippen molar-refractivity contribution in [3.8, 4) is 23.0 Å². The Morgan fingerprint density at radius 2 is 0.787 bits per heavy atom. The molecule has 0 bridgehead atoms. The van der Waals surface area contributed by atoms with Gasteiger partial charge in [-0.05, 0) is 25.2 Å². The van der Waals surface area contributed by atoms with E-state index < -0.39 is 160 Å². The van der Waals surface area contributed by atoms with Crippen molar-refractivity contribution in [1.29, 1.82) is 0 Å². The van der Waals surface area contributed by atoms with Gasteiger partial charge in [0.2, 0.25) is 46.5 Å². The number of nitrogens with two attached hydrogens (primary N) is 1. The van der Waals surface area contributed by atoms with Gasteiger partial charge in [-0.3, -0.25) is 9.59 Å². The fourth-order valence-electron chi connectivity index (χ4n) is 4.64. The summed E-state index contributed by atoms with van der Waals surface area (Å²) in [5.41, 5.74) is 5.45. The van der Waals surface area contributed by atoms with Crippen LogP contribution in [0.3, 0.4) is 0 Å². The van der Waals surface area contributed by atoms with Crippen molar-refractivity contribution in [2.45, 2.75) is 92.4 Å². The Morgan fingerprint density at radius 3 is 1.05 bits per heavy atom. The van der Waals surface area contributed by atoms with E-state index in [0.717, 1.165) is 6.42 Å². The minimum absolute atomic E-state index is 0. The van der Waals surface area contributed by atoms with E-state index in [2.05, 4.69) is 30.1 Å². The summed E-state index contributed by atoms with van der Waals surface area (Å²) in [5, 5.41) is 27.8. The Bertz CT molecular complexity index is 2260. The van der Waals surface area contributed by atoms with Gasteiger partial charge in [0.15, 0.2) is 75.3 Å². The molecule has 0 saturated carbocycles. The molecule has 3 radical (unpaired) electrons. The number of carbonyl (C=O) groups excluding carboxylic acids is 2. The molecule has 0 aromatic heterocycles. The van der Waals surface area contributed by atoms with Gasteiger partial charge in [0, 0.05) is 50.6 Å². The van der Waals surface area contributed by atoms with E-state index >= 15 is 0 Å². The van der Waals surface area contributed by atoms with E-state index in [9.17, 15) is 90.0 Å². The number of ether oxygens (including phenoxy) is 3. The maximum Gasteiger partial charge on any atom is 1.00 e. The Balaban J connectivity index is -0.000000433. The van der Waals surface area contributed by atoms with Crippen LogP contribution >= 0.6 is 15.9 Å². The molecule has 28 heteroatoms. The second kappa shape index (κ2) is 36.7. The van der Waals surface area contributed by atoms with E-state index in [1.165, 1.54) is 0 Å². The number of Topliss-reactive ketones (excluding diaryl/α,β-unsaturated/α-hetero) is 2. The second-order valence-corrected chi connectivity index (χ2v) is 16.0. The predicted octanol–water partition coefficient (Wildman–Crippen LogP) is 8.67. The molecule has 0 aliphatic carbocycles. The summed E-state index contributed by atoms with van der Waals surface area (Å²) in [7, 11) is 0. The molecule has 75 heavy (non-hydrogen) atoms. The molecule has 6 atom stereocenters. The molecule has 0 aliphatic rings. The summed E-state index contributed by atoms with van der Waals surface area (Å²) >= 11 is 3.11. The van der Waals surface area contributed by atoms with E-state index in [1.807, 2.05) is 20.8 Å². The zero-order valence-corrected chi connectivity index (χ0v) is 45.0. The van der Waals surface area contributed by atoms with Gasteiger partial charge in [0.25, 0.3) is 0 Å². The summed E-state index contributed by atoms with van der Waals surface area (Å²) in [4.78, 5) is 22.1. The number of benzene rings is 4. The zero-order chi connectivity index (χ0) is 56.8. The molecule has 0 amide bonds. The predicted molar refractivity (Wildman–Crippen MR) is 243 cm³/mol. The molecule has 0 aliphatic heterocycles. The Kier molecular flexibility index (Phi) is 36.7. The Hall–Kier alpha value is -4.28. The first-order chi connectivity index (χ1) is 33.9. The minimum atomic E-state index is -1.79. The smallest absolute Gasteiger partial charge is 1.00 e. The van der Waals surface area contributed by atoms with Crippen molar-refractivity contribution in [1.82, 2.24) is 0 Å². The maximum absolute atomic E-state index is 13.2. The van der Waals surface area contributed by atoms with Crippen LogP contribution in [0.4, 0.5) is 70.2 Å². The average Bonchev–Trinajstić information content (AvgIpc) is 3.37. The molecule has 9 nitrogen and oxygen atoms in total. The van der Waals surface area contributed by atoms with Gasteiger partial charge in [0.05, 0.1) is 11.4 Å². The van der Waals surface area contributed by atoms with Gasteiger partial charge >= 0.3 is 29.6 Å². The maximum atomic E-state index is 13.2. The number of hydrogen-bond acceptors (Lipinski definition) is 9. The van der Waals surface area contributed by atoms with E-state index in [0.29, 0.717) is 30.4 Å². The molecule has 0 heterocycles. The number of phenols is 1. The van der Waals surface area contributed by atoms with Crippen molar-refractivity contribution in [3.05, 3.63) is 117 Å². The molecule has 4 aromatic rings. The first-order valence-electron chi connectivity index (χ1n) is 21.5. The van der Waals surface area contributed by atoms with Gasteiger partial charge in [-0.25, -0.2) is 35.1 Å². The number of phenolic OH excluding ortho intramolecular Hbond substituents is 1. The fraction of sp³-hybridized carbons (Fsp3) is 0.447. The molecule has 5 N–H and O–H groups in total. The Labute approximate surface area is 455 Å². The number of carbonyl (C=O) groups is 2. The van der Waals surface area contributed by atoms with Crippen LogP contribution in [0, 0.1) is 111 Å². The fourth-order valence-corrected chi connectivity index (χ4v) is 5.19. The van der Waals surface area contributed by atoms with Crippen LogP contribution in [0.15, 0.2) is 24.3 Å². The van der Waals surface area contributed by atoms with Crippen molar-refractivity contribution >= 4 is 35.9 Å². The molecule has 4 rings (SSSR count). The molecule has 0 spiro atoms. The average molecular weight is 1180 g/mol. The number of aliphatic hydroxyl groups is 2. The number of aliphatic hydroxyl groups excluding tert-OH is 2. The quantitative estimate of drug-likeness (QED) is 0.0333. The molecular weight excluding hydrogens is 1120 g/mol. The number of hydrogen-bond donors (Lipinski definition) is 4. The molecule has 2 unspecified atom stereocenters. The van der Waals surface area contributed by atoms with Gasteiger partial charge in [0.1, 0.15) is 31.7 Å². The first kappa shape index (κ1) is 75.0. The number of aromatic hydroxyl groups is 1. The summed E-state index contributed by atoms with van der Waals surface area (Å²) in [5.74, 6) is -31.6. The summed E-state index contributed by atoms with van der Waals surface area (Å²) in [6, 6.07) is -0.387. The van der Waals surface area contributed by atoms with E-state index in [1.54, 1.807) is 27.7 Å². The third kappa shape index (κ3) is 23.5. The van der Waals surface area contributed by atoms with Gasteiger partial charge in [-0.15, -0.1) is 0 Å². The zero-order valence-electron chi connectivity index (χ0n) is 42.4. The molecule has 0 saturated heterocycles. The first-order valence-corrected chi connectivity index (χ1v) is 22.6. The molecule has 4 aromatic carbocycles. The summed E-state index contributed by atoms with van der Waals surface area (Å²) in [6.45, 7) is 10.9. The second-order valence-electron chi connectivity index (χ2n) is 15.4. The number of ketones is 2. The van der Waals surface area contributed by atoms with E-state index in [4.69, 9.17) is 10.8 Å². The molecule has 417 valence electrons. The van der Waals surface area contributed by atoms with Crippen LogP contribution in [0.1, 0.15) is 75.6 Å². The van der Waals surface area contributed by atoms with Crippen molar-refractivity contribution in [3.63, 3.8) is 0 Å². The van der Waals surface area contributed by atoms with Crippen LogP contribution in [0.2, 0.25) is 0 Å². The van der Waals surface area contributed by atoms with Crippen LogP contribution in [0.5, 0.6) is 23.0 Å². The van der Waals surface area contributed by atoms with Gasteiger partial charge in [-0.1, -0.05) is 70.8 Å². The largest absolute Gasteiger partial charge is 1.00 e. The number of halogens is 17. The van der Waals surface area contributed by atoms with Crippen LogP contribution in [-0.2, 0) is 9.59 Å². The standard InChI is InChI=1S/C12H14F4O2.C12H12F4O2.C11H13F4NO2.C6H11BrO.C6H2F4O.B.Na.H/c2*1-3-6(2)9(17)5-18-12-10(15)7(13)4-8(14)11(12)16;1-2-7(16)8(17)4-18-11-9(14)5(12)3-6(13)10(11)15;1-3-5(2)6(8)4-7;7-2-1-3(8)5(10)6(11)4(2)9;;;/h4,6,9,17H,3,5H2,1-2H3;4,6H,3,5H2,1-2H3;3,7-8,17H,2,4,16H2,1H3;5H,3-4H2,1-2H3;1,11H;;;/q;;;;;;+1;-1/t6-,9?;6-;7-,8?;5-;;;;/m0000..../s1. The number of alkyl halides is 1. The van der Waals surface area contributed by atoms with Crippen molar-refractivity contribution < 1.29 is 140 Å². The normalized spacial score (nSPS) is 12.8. The third-order valence-corrected chi connectivity index (χ3v) is 10.7. The number of rotatable bonds is 18. The molecular formula is C47H53BBrF16NNaO8. The van der Waals surface area contributed by atoms with E-state index in [-0.39, 0.29) is 81.4 Å². The van der Waals surface area contributed by atoms with Crippen LogP contribution in [0.25, 0.3) is 0 Å². The SMILES string of the molecule is CC[C@H](C)C(=O)CBr.CC[C@H](C)C(=O)COc1c(F)c(F)cc(F)c1F.CC[C@H](C)C(O)COc1c(F)c(F)cc(F)c1F.CC[C@H](N)C(O)COc1c(F)c(F)cc(F)c1F.Oc1c(F)c(F)cc(F)c1F.[B].[H-].[Na+]. The van der Waals surface area contributed by atoms with Crippen LogP contribution in [-0.4, -0.2) is 78.7 Å². The van der Waals surface area contributed by atoms with Crippen molar-refractivity contribution in [2.75, 3.05) is 25.2 Å². The van der Waals surface area contributed by atoms with Gasteiger partial charge in [-0.2, -0.15) is 35.1 Å². The van der Waals surface area contributed by atoms with Gasteiger partial charge < -0.3 is 36.7 Å². The summed E-state index contributed by atoms with van der Waals surface area (Å²) in [6.07, 6.45) is 0.356. The van der Waals surface area contributed by atoms with Crippen LogP contribution < -0.4 is 49.5 Å². The summed E-state index contributed by atoms with van der Waals surface area (Å²) < 4.78 is 218. The Morgan fingerprint density at radius 1 is 0.507 bits per heavy atom. The molecule has 0 fully saturated rings.